The maximum Gasteiger partial charge on any atom is 0.264 e. The van der Waals surface area contributed by atoms with Crippen molar-refractivity contribution in [3.63, 3.8) is 0 Å². The second-order valence-electron chi connectivity index (χ2n) is 5.03. The van der Waals surface area contributed by atoms with Crippen LogP contribution >= 0.6 is 0 Å². The van der Waals surface area contributed by atoms with Crippen molar-refractivity contribution in [1.29, 1.82) is 0 Å². The Balaban J connectivity index is 1.70. The number of fused-ring (bicyclic) bond motifs is 1. The van der Waals surface area contributed by atoms with Crippen LogP contribution in [0, 0.1) is 10.8 Å². The van der Waals surface area contributed by atoms with Crippen molar-refractivity contribution in [1.82, 2.24) is 9.78 Å². The molecule has 1 aromatic rings. The van der Waals surface area contributed by atoms with Gasteiger partial charge in [-0.05, 0) is 31.1 Å². The van der Waals surface area contributed by atoms with Crippen LogP contribution < -0.4 is 5.56 Å². The highest BCUT2D eigenvalue weighted by Crippen LogP contribution is 2.92. The minimum atomic E-state index is 0.0348. The minimum absolute atomic E-state index is 0.0348. The van der Waals surface area contributed by atoms with Crippen LogP contribution in [0.2, 0.25) is 0 Å². The Labute approximate surface area is 75.7 Å². The van der Waals surface area contributed by atoms with Crippen molar-refractivity contribution < 1.29 is 0 Å². The maximum absolute atomic E-state index is 11.0. The molecule has 0 aromatic carbocycles. The fourth-order valence-electron chi connectivity index (χ4n) is 3.33. The van der Waals surface area contributed by atoms with Crippen LogP contribution in [0.4, 0.5) is 0 Å². The summed E-state index contributed by atoms with van der Waals surface area (Å²) >= 11 is 0. The van der Waals surface area contributed by atoms with Crippen LogP contribution in [-0.4, -0.2) is 9.78 Å². The zero-order valence-electron chi connectivity index (χ0n) is 7.42. The molecule has 3 aliphatic carbocycles. The van der Waals surface area contributed by atoms with Gasteiger partial charge in [0.25, 0.3) is 5.56 Å². The van der Waals surface area contributed by atoms with Crippen LogP contribution in [0.3, 0.4) is 0 Å². The van der Waals surface area contributed by atoms with E-state index in [0.29, 0.717) is 11.5 Å². The largest absolute Gasteiger partial charge is 0.289 e. The van der Waals surface area contributed by atoms with Gasteiger partial charge in [-0.15, -0.1) is 0 Å². The first-order valence-electron chi connectivity index (χ1n) is 5.03. The van der Waals surface area contributed by atoms with Crippen molar-refractivity contribution in [3.8, 4) is 0 Å². The molecule has 1 aromatic heterocycles. The molecular weight excluding hydrogens is 164 g/mol. The van der Waals surface area contributed by atoms with E-state index in [-0.39, 0.29) is 5.56 Å². The van der Waals surface area contributed by atoms with E-state index in [1.165, 1.54) is 25.7 Å². The number of H-pyrrole nitrogens is 1. The van der Waals surface area contributed by atoms with Crippen molar-refractivity contribution in [2.75, 3.05) is 0 Å². The molecular formula is C10H12N2O. The van der Waals surface area contributed by atoms with Gasteiger partial charge in [-0.25, -0.2) is 0 Å². The van der Waals surface area contributed by atoms with Gasteiger partial charge in [-0.3, -0.25) is 14.6 Å². The number of rotatable bonds is 1. The number of hydrogen-bond acceptors (Lipinski definition) is 1. The van der Waals surface area contributed by atoms with Crippen LogP contribution in [-0.2, 0) is 0 Å². The third-order valence-electron chi connectivity index (χ3n) is 4.44. The van der Waals surface area contributed by atoms with Crippen molar-refractivity contribution in [2.24, 2.45) is 10.8 Å². The number of hydrogen-bond donors (Lipinski definition) is 1. The number of nitrogens with one attached hydrogen (secondary N) is 1. The second kappa shape index (κ2) is 1.51. The molecule has 3 saturated carbocycles. The molecule has 0 bridgehead atoms. The molecule has 0 amide bonds. The van der Waals surface area contributed by atoms with Crippen molar-refractivity contribution >= 4 is 0 Å². The maximum atomic E-state index is 11.0. The monoisotopic (exact) mass is 176 g/mol. The molecule has 13 heavy (non-hydrogen) atoms. The molecule has 1 heterocycles. The van der Waals surface area contributed by atoms with E-state index in [0.717, 1.165) is 5.41 Å². The first kappa shape index (κ1) is 6.46. The summed E-state index contributed by atoms with van der Waals surface area (Å²) in [5.74, 6) is 0. The molecule has 0 saturated heterocycles. The molecule has 2 unspecified atom stereocenters. The fraction of sp³-hybridized carbons (Fsp3) is 0.700. The summed E-state index contributed by atoms with van der Waals surface area (Å²) in [5.41, 5.74) is 1.42. The zero-order valence-corrected chi connectivity index (χ0v) is 7.42. The van der Waals surface area contributed by atoms with Crippen LogP contribution in [0.25, 0.3) is 0 Å². The first-order valence-corrected chi connectivity index (χ1v) is 5.03. The summed E-state index contributed by atoms with van der Waals surface area (Å²) in [7, 11) is 0. The lowest BCUT2D eigenvalue weighted by atomic mass is 10.3. The molecule has 4 rings (SSSR count). The quantitative estimate of drug-likeness (QED) is 0.688. The minimum Gasteiger partial charge on any atom is -0.289 e. The molecule has 68 valence electrons. The van der Waals surface area contributed by atoms with E-state index in [1.807, 2.05) is 10.9 Å². The van der Waals surface area contributed by atoms with Gasteiger partial charge in [0.2, 0.25) is 0 Å². The van der Waals surface area contributed by atoms with E-state index in [4.69, 9.17) is 0 Å². The number of aromatic nitrogens is 2. The highest BCUT2D eigenvalue weighted by Gasteiger charge is 2.84. The second-order valence-corrected chi connectivity index (χ2v) is 5.03. The Morgan fingerprint density at radius 2 is 2.38 bits per heavy atom. The Morgan fingerprint density at radius 3 is 2.92 bits per heavy atom. The van der Waals surface area contributed by atoms with Crippen LogP contribution in [0.1, 0.15) is 31.7 Å². The molecule has 3 nitrogen and oxygen atoms in total. The van der Waals surface area contributed by atoms with E-state index < -0.39 is 0 Å². The van der Waals surface area contributed by atoms with Gasteiger partial charge < -0.3 is 0 Å². The van der Waals surface area contributed by atoms with E-state index >= 15 is 0 Å². The van der Waals surface area contributed by atoms with Gasteiger partial charge in [-0.2, -0.15) is 0 Å². The molecule has 3 aliphatic rings. The highest BCUT2D eigenvalue weighted by atomic mass is 16.1. The first-order chi connectivity index (χ1) is 6.26. The lowest BCUT2D eigenvalue weighted by molar-refractivity contribution is 0.546. The Hall–Kier alpha value is -0.990. The number of nitrogens with zero attached hydrogens (tertiary/aromatic N) is 1. The summed E-state index contributed by atoms with van der Waals surface area (Å²) in [6.45, 7) is 0. The Bertz CT molecular complexity index is 440. The Kier molecular flexibility index (Phi) is 0.752. The zero-order chi connectivity index (χ0) is 8.68. The SMILES string of the molecule is O=c1ccn(C2CC23CC32CC2)[nH]1. The molecule has 3 fully saturated rings. The summed E-state index contributed by atoms with van der Waals surface area (Å²) in [6.07, 6.45) is 7.50. The van der Waals surface area contributed by atoms with Gasteiger partial charge in [0.05, 0.1) is 6.04 Å². The van der Waals surface area contributed by atoms with Crippen LogP contribution in [0.15, 0.2) is 17.1 Å². The molecule has 2 spiro atoms. The van der Waals surface area contributed by atoms with Gasteiger partial charge in [0.15, 0.2) is 0 Å². The molecule has 0 aliphatic heterocycles. The summed E-state index contributed by atoms with van der Waals surface area (Å²) in [5, 5.41) is 2.86. The van der Waals surface area contributed by atoms with Crippen molar-refractivity contribution in [2.45, 2.75) is 31.7 Å². The van der Waals surface area contributed by atoms with Gasteiger partial charge in [0.1, 0.15) is 0 Å². The third kappa shape index (κ3) is 0.587. The van der Waals surface area contributed by atoms with Crippen LogP contribution in [0.5, 0.6) is 0 Å². The van der Waals surface area contributed by atoms with Gasteiger partial charge >= 0.3 is 0 Å². The highest BCUT2D eigenvalue weighted by molar-refractivity contribution is 5.34. The summed E-state index contributed by atoms with van der Waals surface area (Å²) in [6, 6.07) is 2.24. The predicted octanol–water partition coefficient (Wildman–Crippen LogP) is 1.29. The Morgan fingerprint density at radius 1 is 1.54 bits per heavy atom. The fourth-order valence-corrected chi connectivity index (χ4v) is 3.33. The molecule has 3 heteroatoms. The molecule has 1 N–H and O–H groups in total. The molecule has 0 radical (unpaired) electrons. The molecule has 2 atom stereocenters. The average Bonchev–Trinajstić information content (AvgIpc) is 3.04. The van der Waals surface area contributed by atoms with Gasteiger partial charge in [0, 0.05) is 17.7 Å². The topological polar surface area (TPSA) is 37.8 Å². The summed E-state index contributed by atoms with van der Waals surface area (Å²) in [4.78, 5) is 11.0. The lowest BCUT2D eigenvalue weighted by Crippen LogP contribution is -2.05. The van der Waals surface area contributed by atoms with Crippen molar-refractivity contribution in [3.05, 3.63) is 22.6 Å². The standard InChI is InChI=1S/C10H12N2O/c13-8-1-4-12(11-8)7-5-10(7)6-9(10)2-3-9/h1,4,7H,2-3,5-6H2,(H,11,13). The van der Waals surface area contributed by atoms with E-state index in [1.54, 1.807) is 6.07 Å². The van der Waals surface area contributed by atoms with E-state index in [9.17, 15) is 4.79 Å². The van der Waals surface area contributed by atoms with Gasteiger partial charge in [-0.1, -0.05) is 0 Å². The lowest BCUT2D eigenvalue weighted by Gasteiger charge is -1.98. The summed E-state index contributed by atoms with van der Waals surface area (Å²) < 4.78 is 2.02. The third-order valence-corrected chi connectivity index (χ3v) is 4.44. The smallest absolute Gasteiger partial charge is 0.264 e. The number of aromatic amines is 1. The normalized spacial score (nSPS) is 42.6. The van der Waals surface area contributed by atoms with E-state index in [2.05, 4.69) is 5.10 Å². The predicted molar refractivity (Wildman–Crippen MR) is 47.4 cm³/mol. The average molecular weight is 176 g/mol.